The van der Waals surface area contributed by atoms with Crippen LogP contribution < -0.4 is 0 Å². The summed E-state index contributed by atoms with van der Waals surface area (Å²) in [6.07, 6.45) is 0.129. The molecule has 0 saturated carbocycles. The molecular formula is C17H16O4. The van der Waals surface area contributed by atoms with Gasteiger partial charge in [-0.3, -0.25) is 9.59 Å². The number of carboxylic acids is 1. The van der Waals surface area contributed by atoms with Gasteiger partial charge in [0, 0.05) is 0 Å². The van der Waals surface area contributed by atoms with Crippen molar-refractivity contribution < 1.29 is 19.4 Å². The van der Waals surface area contributed by atoms with E-state index in [-0.39, 0.29) is 13.0 Å². The summed E-state index contributed by atoms with van der Waals surface area (Å²) >= 11 is 0. The Labute approximate surface area is 123 Å². The number of ether oxygens (including phenoxy) is 1. The normalized spacial score (nSPS) is 11.6. The number of esters is 1. The predicted molar refractivity (Wildman–Crippen MR) is 77.5 cm³/mol. The molecule has 0 saturated heterocycles. The average Bonchev–Trinajstić information content (AvgIpc) is 2.52. The molecule has 0 heterocycles. The van der Waals surface area contributed by atoms with Crippen LogP contribution >= 0.6 is 0 Å². The Kier molecular flexibility index (Phi) is 5.10. The molecule has 2 rings (SSSR count). The SMILES string of the molecule is O=C(O)[C@H](Cc1ccccc1)C(=O)OCc1ccccc1. The molecule has 0 aliphatic heterocycles. The standard InChI is InChI=1S/C17H16O4/c18-16(19)15(11-13-7-3-1-4-8-13)17(20)21-12-14-9-5-2-6-10-14/h1-10,15H,11-12H2,(H,18,19)/t15-/m0/s1. The zero-order valence-corrected chi connectivity index (χ0v) is 11.4. The van der Waals surface area contributed by atoms with Crippen molar-refractivity contribution in [3.8, 4) is 0 Å². The third-order valence-corrected chi connectivity index (χ3v) is 3.09. The summed E-state index contributed by atoms with van der Waals surface area (Å²) in [6, 6.07) is 18.2. The van der Waals surface area contributed by atoms with Gasteiger partial charge in [0.15, 0.2) is 5.92 Å². The van der Waals surface area contributed by atoms with Gasteiger partial charge in [0.2, 0.25) is 0 Å². The van der Waals surface area contributed by atoms with Crippen molar-refractivity contribution in [2.24, 2.45) is 5.92 Å². The molecule has 2 aromatic carbocycles. The number of hydrogen-bond acceptors (Lipinski definition) is 3. The van der Waals surface area contributed by atoms with Crippen LogP contribution in [0.25, 0.3) is 0 Å². The van der Waals surface area contributed by atoms with Crippen LogP contribution in [0.1, 0.15) is 11.1 Å². The van der Waals surface area contributed by atoms with E-state index in [2.05, 4.69) is 0 Å². The van der Waals surface area contributed by atoms with Crippen LogP contribution in [0.5, 0.6) is 0 Å². The molecule has 2 aromatic rings. The maximum atomic E-state index is 12.0. The predicted octanol–water partition coefficient (Wildman–Crippen LogP) is 2.67. The lowest BCUT2D eigenvalue weighted by molar-refractivity contribution is -0.159. The largest absolute Gasteiger partial charge is 0.481 e. The summed E-state index contributed by atoms with van der Waals surface area (Å²) < 4.78 is 5.10. The molecule has 1 N–H and O–H groups in total. The Bertz CT molecular complexity index is 593. The molecule has 4 heteroatoms. The quantitative estimate of drug-likeness (QED) is 0.654. The first-order valence-electron chi connectivity index (χ1n) is 6.64. The Morgan fingerprint density at radius 1 is 0.905 bits per heavy atom. The highest BCUT2D eigenvalue weighted by Gasteiger charge is 2.28. The molecule has 0 spiro atoms. The number of benzene rings is 2. The maximum Gasteiger partial charge on any atom is 0.320 e. The highest BCUT2D eigenvalue weighted by atomic mass is 16.5. The van der Waals surface area contributed by atoms with Crippen molar-refractivity contribution in [2.75, 3.05) is 0 Å². The zero-order valence-electron chi connectivity index (χ0n) is 11.4. The summed E-state index contributed by atoms with van der Waals surface area (Å²) in [5, 5.41) is 9.20. The Hall–Kier alpha value is -2.62. The zero-order chi connectivity index (χ0) is 15.1. The summed E-state index contributed by atoms with van der Waals surface area (Å²) in [7, 11) is 0. The lowest BCUT2D eigenvalue weighted by atomic mass is 10.00. The summed E-state index contributed by atoms with van der Waals surface area (Å²) in [5.74, 6) is -3.07. The van der Waals surface area contributed by atoms with Gasteiger partial charge >= 0.3 is 11.9 Å². The Morgan fingerprint density at radius 3 is 1.95 bits per heavy atom. The molecule has 0 aromatic heterocycles. The molecule has 108 valence electrons. The Balaban J connectivity index is 1.98. The molecule has 1 atom stereocenters. The molecule has 4 nitrogen and oxygen atoms in total. The van der Waals surface area contributed by atoms with Crippen LogP contribution in [-0.4, -0.2) is 17.0 Å². The van der Waals surface area contributed by atoms with E-state index >= 15 is 0 Å². The number of carbonyl (C=O) groups is 2. The monoisotopic (exact) mass is 284 g/mol. The van der Waals surface area contributed by atoms with Crippen molar-refractivity contribution in [3.63, 3.8) is 0 Å². The topological polar surface area (TPSA) is 63.6 Å². The van der Waals surface area contributed by atoms with Gasteiger partial charge in [-0.25, -0.2) is 0 Å². The van der Waals surface area contributed by atoms with Crippen LogP contribution in [0.4, 0.5) is 0 Å². The number of aliphatic carboxylic acids is 1. The van der Waals surface area contributed by atoms with E-state index in [1.54, 1.807) is 12.1 Å². The summed E-state index contributed by atoms with van der Waals surface area (Å²) in [5.41, 5.74) is 1.62. The molecule has 0 bridgehead atoms. The molecule has 0 aliphatic rings. The third kappa shape index (κ3) is 4.45. The second-order valence-electron chi connectivity index (χ2n) is 4.67. The van der Waals surface area contributed by atoms with Gasteiger partial charge in [-0.1, -0.05) is 60.7 Å². The van der Waals surface area contributed by atoms with Gasteiger partial charge in [0.05, 0.1) is 0 Å². The third-order valence-electron chi connectivity index (χ3n) is 3.09. The first-order chi connectivity index (χ1) is 10.2. The van der Waals surface area contributed by atoms with Gasteiger partial charge in [0.25, 0.3) is 0 Å². The average molecular weight is 284 g/mol. The molecule has 0 unspecified atom stereocenters. The number of hydrogen-bond donors (Lipinski definition) is 1. The first kappa shape index (κ1) is 14.8. The second-order valence-corrected chi connectivity index (χ2v) is 4.67. The first-order valence-corrected chi connectivity index (χ1v) is 6.64. The molecule has 0 aliphatic carbocycles. The molecule has 0 amide bonds. The van der Waals surface area contributed by atoms with E-state index in [1.807, 2.05) is 48.5 Å². The van der Waals surface area contributed by atoms with Crippen LogP contribution in [0.3, 0.4) is 0 Å². The van der Waals surface area contributed by atoms with Crippen molar-refractivity contribution in [1.29, 1.82) is 0 Å². The molecule has 0 radical (unpaired) electrons. The minimum absolute atomic E-state index is 0.0816. The lowest BCUT2D eigenvalue weighted by Crippen LogP contribution is -2.27. The fourth-order valence-electron chi connectivity index (χ4n) is 1.95. The van der Waals surface area contributed by atoms with E-state index in [0.717, 1.165) is 11.1 Å². The highest BCUT2D eigenvalue weighted by Crippen LogP contribution is 2.12. The highest BCUT2D eigenvalue weighted by molar-refractivity contribution is 5.94. The minimum atomic E-state index is -1.18. The number of rotatable bonds is 6. The van der Waals surface area contributed by atoms with E-state index in [9.17, 15) is 14.7 Å². The van der Waals surface area contributed by atoms with Crippen molar-refractivity contribution in [1.82, 2.24) is 0 Å². The molecule has 21 heavy (non-hydrogen) atoms. The summed E-state index contributed by atoms with van der Waals surface area (Å²) in [4.78, 5) is 23.2. The molecule has 0 fully saturated rings. The van der Waals surface area contributed by atoms with Crippen LogP contribution in [0.2, 0.25) is 0 Å². The number of carbonyl (C=O) groups excluding carboxylic acids is 1. The van der Waals surface area contributed by atoms with Gasteiger partial charge < -0.3 is 9.84 Å². The van der Waals surface area contributed by atoms with Gasteiger partial charge in [0.1, 0.15) is 6.61 Å². The van der Waals surface area contributed by atoms with Crippen molar-refractivity contribution in [2.45, 2.75) is 13.0 Å². The van der Waals surface area contributed by atoms with E-state index < -0.39 is 17.9 Å². The van der Waals surface area contributed by atoms with Crippen molar-refractivity contribution >= 4 is 11.9 Å². The maximum absolute atomic E-state index is 12.0. The Morgan fingerprint density at radius 2 is 1.43 bits per heavy atom. The van der Waals surface area contributed by atoms with Crippen LogP contribution in [0.15, 0.2) is 60.7 Å². The van der Waals surface area contributed by atoms with E-state index in [4.69, 9.17) is 4.74 Å². The lowest BCUT2D eigenvalue weighted by Gasteiger charge is -2.12. The van der Waals surface area contributed by atoms with Crippen molar-refractivity contribution in [3.05, 3.63) is 71.8 Å². The summed E-state index contributed by atoms with van der Waals surface area (Å²) in [6.45, 7) is 0.0816. The van der Waals surface area contributed by atoms with E-state index in [0.29, 0.717) is 0 Å². The fraction of sp³-hybridized carbons (Fsp3) is 0.176. The molecular weight excluding hydrogens is 268 g/mol. The minimum Gasteiger partial charge on any atom is -0.481 e. The van der Waals surface area contributed by atoms with Crippen LogP contribution in [0, 0.1) is 5.92 Å². The smallest absolute Gasteiger partial charge is 0.320 e. The van der Waals surface area contributed by atoms with Gasteiger partial charge in [-0.2, -0.15) is 0 Å². The van der Waals surface area contributed by atoms with E-state index in [1.165, 1.54) is 0 Å². The fourth-order valence-corrected chi connectivity index (χ4v) is 1.95. The van der Waals surface area contributed by atoms with Gasteiger partial charge in [-0.05, 0) is 17.5 Å². The second kappa shape index (κ2) is 7.24. The number of carboxylic acid groups (broad SMARTS) is 1. The van der Waals surface area contributed by atoms with Crippen LogP contribution in [-0.2, 0) is 27.4 Å². The van der Waals surface area contributed by atoms with Gasteiger partial charge in [-0.15, -0.1) is 0 Å².